The van der Waals surface area contributed by atoms with Gasteiger partial charge >= 0.3 is 0 Å². The van der Waals surface area contributed by atoms with Crippen LogP contribution in [-0.4, -0.2) is 25.8 Å². The number of nitrogens with zero attached hydrogens (tertiary/aromatic N) is 1. The Morgan fingerprint density at radius 1 is 1.37 bits per heavy atom. The SMILES string of the molecule is CCN(CC(C)C)S(=O)(=O)c1cc(C)c(Cl)c(N)c1. The van der Waals surface area contributed by atoms with Gasteiger partial charge in [0.1, 0.15) is 0 Å². The maximum atomic E-state index is 12.5. The normalized spacial score (nSPS) is 12.4. The van der Waals surface area contributed by atoms with Gasteiger partial charge in [0.2, 0.25) is 10.0 Å². The number of sulfonamides is 1. The molecular weight excluding hydrogens is 284 g/mol. The van der Waals surface area contributed by atoms with E-state index in [0.29, 0.717) is 29.4 Å². The van der Waals surface area contributed by atoms with Crippen molar-refractivity contribution in [2.45, 2.75) is 32.6 Å². The largest absolute Gasteiger partial charge is 0.397 e. The van der Waals surface area contributed by atoms with Crippen molar-refractivity contribution < 1.29 is 8.42 Å². The molecule has 0 unspecified atom stereocenters. The first-order valence-corrected chi connectivity index (χ1v) is 8.07. The summed E-state index contributed by atoms with van der Waals surface area (Å²) >= 11 is 5.96. The van der Waals surface area contributed by atoms with Gasteiger partial charge in [0, 0.05) is 13.1 Å². The average Bonchev–Trinajstić information content (AvgIpc) is 2.31. The minimum Gasteiger partial charge on any atom is -0.397 e. The Bertz CT molecular complexity index is 533. The Kier molecular flexibility index (Phi) is 5.24. The molecule has 0 saturated heterocycles. The van der Waals surface area contributed by atoms with Gasteiger partial charge in [-0.05, 0) is 30.5 Å². The number of hydrogen-bond donors (Lipinski definition) is 1. The molecule has 1 aromatic rings. The van der Waals surface area contributed by atoms with Crippen molar-refractivity contribution in [3.63, 3.8) is 0 Å². The van der Waals surface area contributed by atoms with Gasteiger partial charge in [-0.1, -0.05) is 32.4 Å². The van der Waals surface area contributed by atoms with E-state index in [9.17, 15) is 8.42 Å². The number of halogens is 1. The Balaban J connectivity index is 3.26. The number of benzene rings is 1. The highest BCUT2D eigenvalue weighted by Crippen LogP contribution is 2.28. The highest BCUT2D eigenvalue weighted by atomic mass is 35.5. The summed E-state index contributed by atoms with van der Waals surface area (Å²) in [6, 6.07) is 2.99. The monoisotopic (exact) mass is 304 g/mol. The van der Waals surface area contributed by atoms with Crippen LogP contribution in [0.1, 0.15) is 26.3 Å². The lowest BCUT2D eigenvalue weighted by Crippen LogP contribution is -2.34. The maximum absolute atomic E-state index is 12.5. The van der Waals surface area contributed by atoms with Crippen LogP contribution in [0.15, 0.2) is 17.0 Å². The Labute approximate surface area is 120 Å². The van der Waals surface area contributed by atoms with Crippen molar-refractivity contribution in [3.8, 4) is 0 Å². The predicted octanol–water partition coefficient (Wildman–Crippen LogP) is 2.90. The summed E-state index contributed by atoms with van der Waals surface area (Å²) in [5.74, 6) is 0.264. The molecular formula is C13H21ClN2O2S. The van der Waals surface area contributed by atoms with Crippen molar-refractivity contribution in [2.75, 3.05) is 18.8 Å². The van der Waals surface area contributed by atoms with Gasteiger partial charge in [-0.2, -0.15) is 4.31 Å². The average molecular weight is 305 g/mol. The lowest BCUT2D eigenvalue weighted by atomic mass is 10.2. The number of nitrogens with two attached hydrogens (primary N) is 1. The van der Waals surface area contributed by atoms with Gasteiger partial charge in [-0.25, -0.2) is 8.42 Å². The van der Waals surface area contributed by atoms with Gasteiger partial charge in [0.05, 0.1) is 15.6 Å². The molecule has 0 aromatic heterocycles. The van der Waals surface area contributed by atoms with Crippen molar-refractivity contribution in [3.05, 3.63) is 22.7 Å². The van der Waals surface area contributed by atoms with Crippen LogP contribution < -0.4 is 5.73 Å². The Morgan fingerprint density at radius 2 is 1.95 bits per heavy atom. The molecule has 4 nitrogen and oxygen atoms in total. The summed E-state index contributed by atoms with van der Waals surface area (Å²) in [7, 11) is -3.51. The molecule has 0 fully saturated rings. The Morgan fingerprint density at radius 3 is 2.37 bits per heavy atom. The lowest BCUT2D eigenvalue weighted by molar-refractivity contribution is 0.381. The molecule has 0 aliphatic heterocycles. The van der Waals surface area contributed by atoms with E-state index < -0.39 is 10.0 Å². The highest BCUT2D eigenvalue weighted by Gasteiger charge is 2.24. The quantitative estimate of drug-likeness (QED) is 0.851. The van der Waals surface area contributed by atoms with Crippen LogP contribution in [0.5, 0.6) is 0 Å². The van der Waals surface area contributed by atoms with Gasteiger partial charge in [-0.3, -0.25) is 0 Å². The number of nitrogen functional groups attached to an aromatic ring is 1. The molecule has 1 rings (SSSR count). The van der Waals surface area contributed by atoms with Gasteiger partial charge in [0.15, 0.2) is 0 Å². The van der Waals surface area contributed by atoms with Crippen LogP contribution in [0.4, 0.5) is 5.69 Å². The summed E-state index contributed by atoms with van der Waals surface area (Å²) < 4.78 is 26.5. The molecule has 0 atom stereocenters. The highest BCUT2D eigenvalue weighted by molar-refractivity contribution is 7.89. The molecule has 0 radical (unpaired) electrons. The van der Waals surface area contributed by atoms with Crippen LogP contribution in [0.2, 0.25) is 5.02 Å². The second-order valence-corrected chi connectivity index (χ2v) is 7.31. The molecule has 0 heterocycles. The van der Waals surface area contributed by atoms with E-state index in [4.69, 9.17) is 17.3 Å². The zero-order valence-electron chi connectivity index (χ0n) is 11.8. The second-order valence-electron chi connectivity index (χ2n) is 4.99. The van der Waals surface area contributed by atoms with Crippen LogP contribution in [0, 0.1) is 12.8 Å². The van der Waals surface area contributed by atoms with Gasteiger partial charge in [-0.15, -0.1) is 0 Å². The molecule has 0 bridgehead atoms. The number of hydrogen-bond acceptors (Lipinski definition) is 3. The molecule has 0 aliphatic carbocycles. The molecule has 0 aliphatic rings. The summed E-state index contributed by atoms with van der Waals surface area (Å²) in [4.78, 5) is 0.203. The van der Waals surface area contributed by atoms with Gasteiger partial charge in [0.25, 0.3) is 0 Å². The molecule has 0 saturated carbocycles. The van der Waals surface area contributed by atoms with Crippen molar-refractivity contribution in [1.29, 1.82) is 0 Å². The number of anilines is 1. The van der Waals surface area contributed by atoms with E-state index in [1.165, 1.54) is 10.4 Å². The first-order chi connectivity index (χ1) is 8.70. The van der Waals surface area contributed by atoms with E-state index in [2.05, 4.69) is 0 Å². The maximum Gasteiger partial charge on any atom is 0.243 e. The van der Waals surface area contributed by atoms with E-state index >= 15 is 0 Å². The lowest BCUT2D eigenvalue weighted by Gasteiger charge is -2.23. The van der Waals surface area contributed by atoms with Crippen LogP contribution in [-0.2, 0) is 10.0 Å². The van der Waals surface area contributed by atoms with E-state index in [1.807, 2.05) is 20.8 Å². The van der Waals surface area contributed by atoms with Crippen molar-refractivity contribution >= 4 is 27.3 Å². The molecule has 108 valence electrons. The summed E-state index contributed by atoms with van der Waals surface area (Å²) in [6.45, 7) is 8.46. The van der Waals surface area contributed by atoms with Crippen molar-refractivity contribution in [2.24, 2.45) is 5.92 Å². The van der Waals surface area contributed by atoms with E-state index in [1.54, 1.807) is 13.0 Å². The summed E-state index contributed by atoms with van der Waals surface area (Å²) in [5, 5.41) is 0.408. The first-order valence-electron chi connectivity index (χ1n) is 6.25. The summed E-state index contributed by atoms with van der Waals surface area (Å²) in [5.41, 5.74) is 6.71. The molecule has 0 spiro atoms. The van der Waals surface area contributed by atoms with Crippen molar-refractivity contribution in [1.82, 2.24) is 4.31 Å². The smallest absolute Gasteiger partial charge is 0.243 e. The van der Waals surface area contributed by atoms with E-state index in [-0.39, 0.29) is 10.8 Å². The molecule has 0 amide bonds. The van der Waals surface area contributed by atoms with Gasteiger partial charge < -0.3 is 5.73 Å². The third kappa shape index (κ3) is 3.61. The fraction of sp³-hybridized carbons (Fsp3) is 0.538. The fourth-order valence-electron chi connectivity index (χ4n) is 1.87. The fourth-order valence-corrected chi connectivity index (χ4v) is 3.71. The third-order valence-corrected chi connectivity index (χ3v) is 5.25. The minimum atomic E-state index is -3.51. The molecule has 19 heavy (non-hydrogen) atoms. The zero-order valence-corrected chi connectivity index (χ0v) is 13.3. The van der Waals surface area contributed by atoms with Crippen LogP contribution in [0.25, 0.3) is 0 Å². The summed E-state index contributed by atoms with van der Waals surface area (Å²) in [6.07, 6.45) is 0. The molecule has 6 heteroatoms. The van der Waals surface area contributed by atoms with Crippen LogP contribution in [0.3, 0.4) is 0 Å². The van der Waals surface area contributed by atoms with Crippen LogP contribution >= 0.6 is 11.6 Å². The number of rotatable bonds is 5. The topological polar surface area (TPSA) is 63.4 Å². The third-order valence-electron chi connectivity index (χ3n) is 2.82. The molecule has 1 aromatic carbocycles. The zero-order chi connectivity index (χ0) is 14.8. The number of aryl methyl sites for hydroxylation is 1. The minimum absolute atomic E-state index is 0.203. The predicted molar refractivity (Wildman–Crippen MR) is 79.9 cm³/mol. The Hall–Kier alpha value is -0.780. The second kappa shape index (κ2) is 6.11. The molecule has 2 N–H and O–H groups in total. The van der Waals surface area contributed by atoms with E-state index in [0.717, 1.165) is 0 Å². The standard InChI is InChI=1S/C13H21ClN2O2S/c1-5-16(8-9(2)3)19(17,18)11-6-10(4)13(14)12(15)7-11/h6-7,9H,5,8,15H2,1-4H3. The first kappa shape index (κ1) is 16.3.